The normalized spacial score (nSPS) is 10.0. The van der Waals surface area contributed by atoms with Crippen LogP contribution in [0.25, 0.3) is 0 Å². The molecule has 0 aliphatic rings. The van der Waals surface area contributed by atoms with Crippen molar-refractivity contribution in [3.05, 3.63) is 48.3 Å². The highest BCUT2D eigenvalue weighted by molar-refractivity contribution is 5.37. The Bertz CT molecular complexity index is 469. The fourth-order valence-corrected chi connectivity index (χ4v) is 1.28. The summed E-state index contributed by atoms with van der Waals surface area (Å²) in [6, 6.07) is 10.0. The van der Waals surface area contributed by atoms with Crippen LogP contribution >= 0.6 is 0 Å². The minimum atomic E-state index is 0.217. The van der Waals surface area contributed by atoms with Gasteiger partial charge in [-0.2, -0.15) is 0 Å². The number of rotatable bonds is 3. The number of ether oxygens (including phenoxy) is 1. The summed E-state index contributed by atoms with van der Waals surface area (Å²) in [7, 11) is 0. The number of hydrogen-bond donors (Lipinski definition) is 2. The second-order valence-corrected chi connectivity index (χ2v) is 3.36. The molecule has 1 aromatic carbocycles. The average Bonchev–Trinajstić information content (AvgIpc) is 2.28. The van der Waals surface area contributed by atoms with Crippen LogP contribution in [0, 0.1) is 0 Å². The van der Waals surface area contributed by atoms with Crippen molar-refractivity contribution >= 4 is 5.69 Å². The van der Waals surface area contributed by atoms with Crippen molar-refractivity contribution in [3.63, 3.8) is 0 Å². The van der Waals surface area contributed by atoms with Crippen molar-refractivity contribution in [1.29, 1.82) is 0 Å². The summed E-state index contributed by atoms with van der Waals surface area (Å²) in [6.45, 7) is 0.357. The zero-order chi connectivity index (χ0) is 11.4. The first-order valence-corrected chi connectivity index (χ1v) is 4.86. The number of aromatic nitrogens is 1. The topological polar surface area (TPSA) is 68.4 Å². The van der Waals surface area contributed by atoms with Crippen molar-refractivity contribution in [2.24, 2.45) is 0 Å². The third-order valence-electron chi connectivity index (χ3n) is 2.06. The average molecular weight is 216 g/mol. The van der Waals surface area contributed by atoms with E-state index in [9.17, 15) is 0 Å². The summed E-state index contributed by atoms with van der Waals surface area (Å²) in [5.41, 5.74) is 7.06. The zero-order valence-electron chi connectivity index (χ0n) is 8.63. The molecule has 0 atom stereocenters. The van der Waals surface area contributed by atoms with Gasteiger partial charge in [-0.1, -0.05) is 0 Å². The highest BCUT2D eigenvalue weighted by Crippen LogP contribution is 2.17. The number of hydrogen-bond acceptors (Lipinski definition) is 4. The number of pyridine rings is 1. The van der Waals surface area contributed by atoms with E-state index in [2.05, 4.69) is 4.98 Å². The van der Waals surface area contributed by atoms with Crippen LogP contribution in [-0.2, 0) is 6.61 Å². The molecule has 1 heterocycles. The van der Waals surface area contributed by atoms with E-state index < -0.39 is 0 Å². The van der Waals surface area contributed by atoms with Crippen molar-refractivity contribution in [2.75, 3.05) is 5.73 Å². The lowest BCUT2D eigenvalue weighted by Gasteiger charge is -2.05. The van der Waals surface area contributed by atoms with Gasteiger partial charge in [0.25, 0.3) is 0 Å². The Morgan fingerprint density at radius 1 is 1.19 bits per heavy atom. The fourth-order valence-electron chi connectivity index (χ4n) is 1.28. The molecule has 1 aromatic heterocycles. The number of nitrogens with two attached hydrogens (primary N) is 1. The Labute approximate surface area is 93.3 Å². The van der Waals surface area contributed by atoms with Crippen LogP contribution in [0.2, 0.25) is 0 Å². The standard InChI is InChI=1S/C12H12N2O2/c13-9-5-6-14-10(7-9)8-16-12-3-1-11(15)2-4-12/h1-7,15H,8H2,(H2,13,14). The number of benzene rings is 1. The molecule has 4 nitrogen and oxygen atoms in total. The number of aromatic hydroxyl groups is 1. The van der Waals surface area contributed by atoms with Crippen LogP contribution in [0.5, 0.6) is 11.5 Å². The molecule has 0 fully saturated rings. The molecule has 0 spiro atoms. The summed E-state index contributed by atoms with van der Waals surface area (Å²) in [6.07, 6.45) is 1.64. The minimum absolute atomic E-state index is 0.217. The Kier molecular flexibility index (Phi) is 2.91. The van der Waals surface area contributed by atoms with Crippen molar-refractivity contribution in [2.45, 2.75) is 6.61 Å². The third-order valence-corrected chi connectivity index (χ3v) is 2.06. The van der Waals surface area contributed by atoms with E-state index >= 15 is 0 Å². The van der Waals surface area contributed by atoms with Crippen molar-refractivity contribution < 1.29 is 9.84 Å². The fraction of sp³-hybridized carbons (Fsp3) is 0.0833. The third kappa shape index (κ3) is 2.63. The Balaban J connectivity index is 1.99. The largest absolute Gasteiger partial charge is 0.508 e. The van der Waals surface area contributed by atoms with Crippen molar-refractivity contribution in [1.82, 2.24) is 4.98 Å². The van der Waals surface area contributed by atoms with E-state index in [0.29, 0.717) is 18.0 Å². The van der Waals surface area contributed by atoms with Gasteiger partial charge >= 0.3 is 0 Å². The Morgan fingerprint density at radius 3 is 2.62 bits per heavy atom. The van der Waals surface area contributed by atoms with E-state index in [1.165, 1.54) is 0 Å². The van der Waals surface area contributed by atoms with Gasteiger partial charge in [0, 0.05) is 11.9 Å². The molecule has 3 N–H and O–H groups in total. The summed E-state index contributed by atoms with van der Waals surface area (Å²) in [5, 5.41) is 9.09. The molecule has 2 rings (SSSR count). The molecular weight excluding hydrogens is 204 g/mol. The lowest BCUT2D eigenvalue weighted by molar-refractivity contribution is 0.301. The molecule has 0 bridgehead atoms. The maximum atomic E-state index is 9.09. The van der Waals surface area contributed by atoms with Crippen LogP contribution in [-0.4, -0.2) is 10.1 Å². The van der Waals surface area contributed by atoms with Gasteiger partial charge in [0.05, 0.1) is 5.69 Å². The van der Waals surface area contributed by atoms with Gasteiger partial charge in [0.2, 0.25) is 0 Å². The lowest BCUT2D eigenvalue weighted by Crippen LogP contribution is -1.99. The molecule has 0 saturated heterocycles. The van der Waals surface area contributed by atoms with Crippen LogP contribution in [0.3, 0.4) is 0 Å². The first-order chi connectivity index (χ1) is 7.74. The van der Waals surface area contributed by atoms with E-state index in [1.807, 2.05) is 0 Å². The minimum Gasteiger partial charge on any atom is -0.508 e. The van der Waals surface area contributed by atoms with Gasteiger partial charge in [-0.15, -0.1) is 0 Å². The molecule has 0 aliphatic heterocycles. The molecule has 4 heteroatoms. The molecule has 2 aromatic rings. The second kappa shape index (κ2) is 4.53. The number of phenols is 1. The van der Waals surface area contributed by atoms with E-state index in [-0.39, 0.29) is 5.75 Å². The van der Waals surface area contributed by atoms with Gasteiger partial charge in [-0.05, 0) is 36.4 Å². The molecular formula is C12H12N2O2. The Morgan fingerprint density at radius 2 is 1.94 bits per heavy atom. The molecule has 0 aliphatic carbocycles. The van der Waals surface area contributed by atoms with E-state index in [4.69, 9.17) is 15.6 Å². The smallest absolute Gasteiger partial charge is 0.130 e. The maximum absolute atomic E-state index is 9.09. The van der Waals surface area contributed by atoms with Crippen molar-refractivity contribution in [3.8, 4) is 11.5 Å². The number of nitrogen functional groups attached to an aromatic ring is 1. The SMILES string of the molecule is Nc1ccnc(COc2ccc(O)cc2)c1. The van der Waals surface area contributed by atoms with Gasteiger partial charge in [0.15, 0.2) is 0 Å². The predicted molar refractivity (Wildman–Crippen MR) is 61.1 cm³/mol. The Hall–Kier alpha value is -2.23. The summed E-state index contributed by atoms with van der Waals surface area (Å²) < 4.78 is 5.47. The van der Waals surface area contributed by atoms with E-state index in [1.54, 1.807) is 42.6 Å². The number of anilines is 1. The van der Waals surface area contributed by atoms with Crippen LogP contribution in [0.15, 0.2) is 42.6 Å². The molecule has 0 saturated carbocycles. The molecule has 0 amide bonds. The maximum Gasteiger partial charge on any atom is 0.130 e. The first kappa shape index (κ1) is 10.3. The first-order valence-electron chi connectivity index (χ1n) is 4.86. The van der Waals surface area contributed by atoms with Crippen LogP contribution in [0.1, 0.15) is 5.69 Å². The molecule has 0 radical (unpaired) electrons. The molecule has 16 heavy (non-hydrogen) atoms. The predicted octanol–water partition coefficient (Wildman–Crippen LogP) is 1.95. The monoisotopic (exact) mass is 216 g/mol. The number of nitrogens with zero attached hydrogens (tertiary/aromatic N) is 1. The highest BCUT2D eigenvalue weighted by atomic mass is 16.5. The zero-order valence-corrected chi connectivity index (χ0v) is 8.63. The van der Waals surface area contributed by atoms with E-state index in [0.717, 1.165) is 5.69 Å². The number of phenolic OH excluding ortho intramolecular Hbond substituents is 1. The summed E-state index contributed by atoms with van der Waals surface area (Å²) in [5.74, 6) is 0.899. The lowest BCUT2D eigenvalue weighted by atomic mass is 10.3. The quantitative estimate of drug-likeness (QED) is 0.822. The van der Waals surface area contributed by atoms with Gasteiger partial charge in [-0.3, -0.25) is 4.98 Å². The van der Waals surface area contributed by atoms with Crippen LogP contribution in [0.4, 0.5) is 5.69 Å². The van der Waals surface area contributed by atoms with Gasteiger partial charge in [0.1, 0.15) is 18.1 Å². The summed E-state index contributed by atoms with van der Waals surface area (Å²) in [4.78, 5) is 4.12. The molecule has 0 unspecified atom stereocenters. The van der Waals surface area contributed by atoms with Gasteiger partial charge < -0.3 is 15.6 Å². The second-order valence-electron chi connectivity index (χ2n) is 3.36. The molecule has 82 valence electrons. The van der Waals surface area contributed by atoms with Crippen LogP contribution < -0.4 is 10.5 Å². The van der Waals surface area contributed by atoms with Gasteiger partial charge in [-0.25, -0.2) is 0 Å². The highest BCUT2D eigenvalue weighted by Gasteiger charge is 1.97. The summed E-state index contributed by atoms with van der Waals surface area (Å²) >= 11 is 0.